The number of benzene rings is 2. The highest BCUT2D eigenvalue weighted by molar-refractivity contribution is 6.01. The molecule has 1 aromatic heterocycles. The number of nitrogens with zero attached hydrogens (tertiary/aromatic N) is 2. The zero-order valence-corrected chi connectivity index (χ0v) is 19.3. The third kappa shape index (κ3) is 2.98. The quantitative estimate of drug-likeness (QED) is 0.668. The lowest BCUT2D eigenvalue weighted by Gasteiger charge is -2.51. The molecule has 0 radical (unpaired) electrons. The van der Waals surface area contributed by atoms with Gasteiger partial charge >= 0.3 is 0 Å². The summed E-state index contributed by atoms with van der Waals surface area (Å²) in [6, 6.07) is 16.9. The summed E-state index contributed by atoms with van der Waals surface area (Å²) in [5.74, 6) is 0.358. The summed E-state index contributed by atoms with van der Waals surface area (Å²) in [7, 11) is 0. The monoisotopic (exact) mass is 429 g/mol. The molecular formula is C27H31N3O2. The minimum Gasteiger partial charge on any atom is -0.356 e. The van der Waals surface area contributed by atoms with Crippen LogP contribution in [-0.2, 0) is 21.5 Å². The molecule has 32 heavy (non-hydrogen) atoms. The number of nitrogens with one attached hydrogen (secondary N) is 1. The van der Waals surface area contributed by atoms with Crippen LogP contribution in [0.3, 0.4) is 0 Å². The first-order chi connectivity index (χ1) is 15.3. The third-order valence-corrected chi connectivity index (χ3v) is 7.19. The zero-order valence-electron chi connectivity index (χ0n) is 19.3. The molecule has 2 aliphatic heterocycles. The zero-order chi connectivity index (χ0) is 22.6. The summed E-state index contributed by atoms with van der Waals surface area (Å²) in [6.45, 7) is 9.49. The summed E-state index contributed by atoms with van der Waals surface area (Å²) >= 11 is 0. The van der Waals surface area contributed by atoms with Crippen molar-refractivity contribution in [2.75, 3.05) is 19.6 Å². The predicted octanol–water partition coefficient (Wildman–Crippen LogP) is 4.42. The molecule has 5 rings (SSSR count). The highest BCUT2D eigenvalue weighted by Gasteiger charge is 2.56. The lowest BCUT2D eigenvalue weighted by molar-refractivity contribution is -0.166. The number of aryl methyl sites for hydroxylation is 1. The lowest BCUT2D eigenvalue weighted by atomic mass is 9.76. The van der Waals surface area contributed by atoms with E-state index in [4.69, 9.17) is 0 Å². The van der Waals surface area contributed by atoms with Gasteiger partial charge in [0.15, 0.2) is 5.54 Å². The maximum atomic E-state index is 13.8. The Morgan fingerprint density at radius 2 is 1.81 bits per heavy atom. The second-order valence-corrected chi connectivity index (χ2v) is 9.76. The van der Waals surface area contributed by atoms with Gasteiger partial charge in [-0.2, -0.15) is 0 Å². The van der Waals surface area contributed by atoms with E-state index >= 15 is 0 Å². The Balaban J connectivity index is 1.71. The maximum absolute atomic E-state index is 13.8. The van der Waals surface area contributed by atoms with Crippen LogP contribution in [0.25, 0.3) is 10.9 Å². The third-order valence-electron chi connectivity index (χ3n) is 7.19. The number of hydrogen-bond donors (Lipinski definition) is 1. The normalized spacial score (nSPS) is 23.1. The van der Waals surface area contributed by atoms with Crippen molar-refractivity contribution in [1.82, 2.24) is 14.8 Å². The largest absolute Gasteiger partial charge is 0.356 e. The number of piperazine rings is 1. The molecule has 2 amide bonds. The summed E-state index contributed by atoms with van der Waals surface area (Å²) < 4.78 is 0. The molecule has 166 valence electrons. The summed E-state index contributed by atoms with van der Waals surface area (Å²) in [5, 5.41) is 1.13. The predicted molar refractivity (Wildman–Crippen MR) is 126 cm³/mol. The Kier molecular flexibility index (Phi) is 4.88. The second kappa shape index (κ2) is 7.51. The first-order valence-corrected chi connectivity index (χ1v) is 11.6. The molecule has 0 bridgehead atoms. The Labute approximate surface area is 189 Å². The summed E-state index contributed by atoms with van der Waals surface area (Å²) in [4.78, 5) is 34.4. The van der Waals surface area contributed by atoms with Crippen molar-refractivity contribution in [3.63, 3.8) is 0 Å². The molecule has 1 N–H and O–H groups in total. The SMILES string of the molecule is CCc1ccc(C2CN3C(=O)CN(CC(C)C)C(=O)[C@]3(C)c3[nH]c4ccccc4c32)cc1. The highest BCUT2D eigenvalue weighted by atomic mass is 16.2. The van der Waals surface area contributed by atoms with E-state index in [0.29, 0.717) is 19.0 Å². The Morgan fingerprint density at radius 3 is 2.50 bits per heavy atom. The minimum absolute atomic E-state index is 0.0124. The van der Waals surface area contributed by atoms with E-state index in [1.807, 2.05) is 24.0 Å². The first-order valence-electron chi connectivity index (χ1n) is 11.6. The van der Waals surface area contributed by atoms with E-state index in [2.05, 4.69) is 62.2 Å². The Hall–Kier alpha value is -3.08. The smallest absolute Gasteiger partial charge is 0.254 e. The van der Waals surface area contributed by atoms with Crippen molar-refractivity contribution < 1.29 is 9.59 Å². The number of aromatic amines is 1. The van der Waals surface area contributed by atoms with Gasteiger partial charge in [-0.25, -0.2) is 0 Å². The van der Waals surface area contributed by atoms with Gasteiger partial charge in [-0.1, -0.05) is 63.2 Å². The molecule has 2 atom stereocenters. The number of carbonyl (C=O) groups is 2. The minimum atomic E-state index is -1.02. The highest BCUT2D eigenvalue weighted by Crippen LogP contribution is 2.48. The van der Waals surface area contributed by atoms with Gasteiger partial charge in [0.2, 0.25) is 5.91 Å². The first kappa shape index (κ1) is 20.8. The molecule has 1 saturated heterocycles. The fourth-order valence-electron chi connectivity index (χ4n) is 5.55. The van der Waals surface area contributed by atoms with Gasteiger partial charge in [0, 0.05) is 29.9 Å². The van der Waals surface area contributed by atoms with Crippen LogP contribution in [0, 0.1) is 5.92 Å². The fraction of sp³-hybridized carbons (Fsp3) is 0.407. The van der Waals surface area contributed by atoms with Crippen LogP contribution in [0.1, 0.15) is 56.0 Å². The van der Waals surface area contributed by atoms with Crippen molar-refractivity contribution in [3.05, 3.63) is 70.9 Å². The molecule has 3 aromatic rings. The summed E-state index contributed by atoms with van der Waals surface area (Å²) in [6.07, 6.45) is 0.992. The number of fused-ring (bicyclic) bond motifs is 5. The number of carbonyl (C=O) groups excluding carboxylic acids is 2. The van der Waals surface area contributed by atoms with Crippen molar-refractivity contribution in [3.8, 4) is 0 Å². The van der Waals surface area contributed by atoms with Gasteiger partial charge in [-0.3, -0.25) is 9.59 Å². The van der Waals surface area contributed by atoms with Gasteiger partial charge in [-0.05, 0) is 42.0 Å². The number of hydrogen-bond acceptors (Lipinski definition) is 2. The molecule has 2 aromatic carbocycles. The second-order valence-electron chi connectivity index (χ2n) is 9.76. The number of rotatable bonds is 4. The Morgan fingerprint density at radius 1 is 1.09 bits per heavy atom. The molecule has 0 saturated carbocycles. The van der Waals surface area contributed by atoms with E-state index in [1.165, 1.54) is 11.1 Å². The molecule has 1 fully saturated rings. The maximum Gasteiger partial charge on any atom is 0.254 e. The van der Waals surface area contributed by atoms with E-state index in [1.54, 1.807) is 4.90 Å². The van der Waals surface area contributed by atoms with Crippen LogP contribution in [0.5, 0.6) is 0 Å². The van der Waals surface area contributed by atoms with Crippen molar-refractivity contribution in [2.24, 2.45) is 5.92 Å². The van der Waals surface area contributed by atoms with Crippen LogP contribution in [0.4, 0.5) is 0 Å². The van der Waals surface area contributed by atoms with Crippen LogP contribution in [-0.4, -0.2) is 46.2 Å². The van der Waals surface area contributed by atoms with Gasteiger partial charge in [0.05, 0.1) is 12.2 Å². The van der Waals surface area contributed by atoms with Crippen molar-refractivity contribution in [1.29, 1.82) is 0 Å². The average Bonchev–Trinajstić information content (AvgIpc) is 3.18. The standard InChI is InChI=1S/C27H31N3O2/c1-5-18-10-12-19(13-11-18)21-15-30-23(31)16-29(14-17(2)3)26(32)27(30,4)25-24(21)20-8-6-7-9-22(20)28-25/h6-13,17,21,28H,5,14-16H2,1-4H3/t21?,27-/m0/s1. The van der Waals surface area contributed by atoms with E-state index in [0.717, 1.165) is 28.6 Å². The van der Waals surface area contributed by atoms with Gasteiger partial charge < -0.3 is 14.8 Å². The van der Waals surface area contributed by atoms with Gasteiger partial charge in [0.25, 0.3) is 5.91 Å². The van der Waals surface area contributed by atoms with Gasteiger partial charge in [0.1, 0.15) is 0 Å². The van der Waals surface area contributed by atoms with Crippen LogP contribution in [0.15, 0.2) is 48.5 Å². The molecule has 2 aliphatic rings. The number of aromatic nitrogens is 1. The summed E-state index contributed by atoms with van der Waals surface area (Å²) in [5.41, 5.74) is 4.48. The van der Waals surface area contributed by atoms with Crippen LogP contribution in [0.2, 0.25) is 0 Å². The molecule has 0 aliphatic carbocycles. The van der Waals surface area contributed by atoms with Gasteiger partial charge in [-0.15, -0.1) is 0 Å². The lowest BCUT2D eigenvalue weighted by Crippen LogP contribution is -2.67. The number of para-hydroxylation sites is 1. The van der Waals surface area contributed by atoms with E-state index < -0.39 is 5.54 Å². The molecule has 5 heteroatoms. The molecule has 3 heterocycles. The molecule has 1 unspecified atom stereocenters. The number of H-pyrrole nitrogens is 1. The van der Waals surface area contributed by atoms with E-state index in [9.17, 15) is 9.59 Å². The van der Waals surface area contributed by atoms with Crippen LogP contribution >= 0.6 is 0 Å². The Bertz CT molecular complexity index is 1190. The van der Waals surface area contributed by atoms with Crippen molar-refractivity contribution >= 4 is 22.7 Å². The van der Waals surface area contributed by atoms with E-state index in [-0.39, 0.29) is 24.3 Å². The molecular weight excluding hydrogens is 398 g/mol. The number of amides is 2. The van der Waals surface area contributed by atoms with Crippen molar-refractivity contribution in [2.45, 2.75) is 45.6 Å². The molecule has 5 nitrogen and oxygen atoms in total. The average molecular weight is 430 g/mol. The topological polar surface area (TPSA) is 56.4 Å². The fourth-order valence-corrected chi connectivity index (χ4v) is 5.55. The molecule has 0 spiro atoms. The van der Waals surface area contributed by atoms with Crippen LogP contribution < -0.4 is 0 Å².